The van der Waals surface area contributed by atoms with Gasteiger partial charge in [-0.25, -0.2) is 0 Å². The van der Waals surface area contributed by atoms with E-state index in [-0.39, 0.29) is 11.8 Å². The normalized spacial score (nSPS) is 13.7. The Hall–Kier alpha value is -1.68. The summed E-state index contributed by atoms with van der Waals surface area (Å²) in [6.07, 6.45) is 7.61. The molecule has 126 valence electrons. The van der Waals surface area contributed by atoms with Crippen LogP contribution in [0, 0.1) is 0 Å². The number of nitrogens with zero attached hydrogens (tertiary/aromatic N) is 1. The first kappa shape index (κ1) is 17.7. The lowest BCUT2D eigenvalue weighted by Gasteiger charge is -2.13. The Morgan fingerprint density at radius 2 is 1.39 bits per heavy atom. The van der Waals surface area contributed by atoms with Crippen molar-refractivity contribution in [3.63, 3.8) is 0 Å². The van der Waals surface area contributed by atoms with E-state index in [0.717, 1.165) is 51.7 Å². The Kier molecular flexibility index (Phi) is 7.27. The molecule has 0 atom stereocenters. The van der Waals surface area contributed by atoms with Crippen LogP contribution in [-0.2, 0) is 4.74 Å². The van der Waals surface area contributed by atoms with Crippen molar-refractivity contribution in [2.45, 2.75) is 51.9 Å². The van der Waals surface area contributed by atoms with Gasteiger partial charge in [-0.15, -0.1) is 0 Å². The van der Waals surface area contributed by atoms with Gasteiger partial charge in [0, 0.05) is 19.8 Å². The van der Waals surface area contributed by atoms with Crippen LogP contribution < -0.4 is 0 Å². The molecule has 1 aromatic rings. The van der Waals surface area contributed by atoms with Gasteiger partial charge in [0.25, 0.3) is 11.8 Å². The first-order chi connectivity index (χ1) is 11.3. The zero-order valence-electron chi connectivity index (χ0n) is 14.1. The van der Waals surface area contributed by atoms with Crippen LogP contribution in [0.2, 0.25) is 0 Å². The molecule has 0 fully saturated rings. The largest absolute Gasteiger partial charge is 0.381 e. The number of carbonyl (C=O) groups is 2. The minimum atomic E-state index is -0.144. The molecule has 0 N–H and O–H groups in total. The van der Waals surface area contributed by atoms with Crippen molar-refractivity contribution in [3.8, 4) is 0 Å². The number of amides is 2. The highest BCUT2D eigenvalue weighted by Gasteiger charge is 2.34. The highest BCUT2D eigenvalue weighted by molar-refractivity contribution is 6.21. The van der Waals surface area contributed by atoms with Crippen LogP contribution in [0.4, 0.5) is 0 Å². The molecule has 1 aromatic carbocycles. The number of carbonyl (C=O) groups excluding carboxylic acids is 2. The van der Waals surface area contributed by atoms with Gasteiger partial charge >= 0.3 is 0 Å². The topological polar surface area (TPSA) is 46.6 Å². The molecule has 2 amide bonds. The first-order valence-electron chi connectivity index (χ1n) is 8.78. The molecule has 0 saturated carbocycles. The van der Waals surface area contributed by atoms with Gasteiger partial charge in [0.1, 0.15) is 0 Å². The number of imide groups is 1. The molecule has 0 saturated heterocycles. The van der Waals surface area contributed by atoms with Gasteiger partial charge in [0.05, 0.1) is 11.1 Å². The molecule has 4 nitrogen and oxygen atoms in total. The zero-order chi connectivity index (χ0) is 16.5. The summed E-state index contributed by atoms with van der Waals surface area (Å²) < 4.78 is 5.53. The van der Waals surface area contributed by atoms with Crippen LogP contribution in [-0.4, -0.2) is 36.5 Å². The van der Waals surface area contributed by atoms with E-state index in [1.54, 1.807) is 24.3 Å². The molecule has 0 radical (unpaired) electrons. The van der Waals surface area contributed by atoms with Crippen LogP contribution in [0.1, 0.15) is 72.6 Å². The molecule has 1 aliphatic heterocycles. The highest BCUT2D eigenvalue weighted by atomic mass is 16.5. The lowest BCUT2D eigenvalue weighted by Crippen LogP contribution is -2.30. The molecule has 1 heterocycles. The Bertz CT molecular complexity index is 492. The van der Waals surface area contributed by atoms with Crippen LogP contribution in [0.25, 0.3) is 0 Å². The van der Waals surface area contributed by atoms with E-state index in [1.165, 1.54) is 11.3 Å². The Morgan fingerprint density at radius 3 is 2.04 bits per heavy atom. The van der Waals surface area contributed by atoms with Gasteiger partial charge in [-0.3, -0.25) is 14.5 Å². The maximum Gasteiger partial charge on any atom is 0.261 e. The van der Waals surface area contributed by atoms with Crippen molar-refractivity contribution in [3.05, 3.63) is 35.4 Å². The van der Waals surface area contributed by atoms with E-state index in [4.69, 9.17) is 4.74 Å². The second-order valence-electron chi connectivity index (χ2n) is 6.04. The summed E-state index contributed by atoms with van der Waals surface area (Å²) in [5.74, 6) is -0.287. The second-order valence-corrected chi connectivity index (χ2v) is 6.04. The van der Waals surface area contributed by atoms with Crippen LogP contribution in [0.15, 0.2) is 24.3 Å². The monoisotopic (exact) mass is 317 g/mol. The summed E-state index contributed by atoms with van der Waals surface area (Å²) >= 11 is 0. The average Bonchev–Trinajstić information content (AvgIpc) is 2.81. The summed E-state index contributed by atoms with van der Waals surface area (Å²) in [4.78, 5) is 25.8. The van der Waals surface area contributed by atoms with Crippen LogP contribution >= 0.6 is 0 Å². The molecule has 1 aliphatic rings. The average molecular weight is 317 g/mol. The fourth-order valence-corrected chi connectivity index (χ4v) is 2.80. The molecule has 0 unspecified atom stereocenters. The lowest BCUT2D eigenvalue weighted by molar-refractivity contribution is 0.0651. The maximum absolute atomic E-state index is 12.2. The Labute approximate surface area is 138 Å². The molecular weight excluding hydrogens is 290 g/mol. The predicted molar refractivity (Wildman–Crippen MR) is 90.6 cm³/mol. The molecular formula is C19H27NO3. The lowest BCUT2D eigenvalue weighted by atomic mass is 10.1. The minimum absolute atomic E-state index is 0.144. The third-order valence-corrected chi connectivity index (χ3v) is 4.19. The second kappa shape index (κ2) is 9.46. The quantitative estimate of drug-likeness (QED) is 0.457. The number of rotatable bonds is 11. The maximum atomic E-state index is 12.2. The van der Waals surface area contributed by atoms with Crippen molar-refractivity contribution < 1.29 is 14.3 Å². The van der Waals surface area contributed by atoms with Gasteiger partial charge in [-0.2, -0.15) is 0 Å². The SMILES string of the molecule is CCCCOCCCCCCCN1C(=O)c2ccccc2C1=O. The summed E-state index contributed by atoms with van der Waals surface area (Å²) in [7, 11) is 0. The molecule has 4 heteroatoms. The fourth-order valence-electron chi connectivity index (χ4n) is 2.80. The number of hydrogen-bond donors (Lipinski definition) is 0. The van der Waals surface area contributed by atoms with E-state index in [1.807, 2.05) is 0 Å². The molecule has 23 heavy (non-hydrogen) atoms. The van der Waals surface area contributed by atoms with Crippen molar-refractivity contribution in [1.82, 2.24) is 4.90 Å². The molecule has 0 aromatic heterocycles. The highest BCUT2D eigenvalue weighted by Crippen LogP contribution is 2.22. The Balaban J connectivity index is 1.57. The van der Waals surface area contributed by atoms with E-state index in [2.05, 4.69) is 6.92 Å². The smallest absolute Gasteiger partial charge is 0.261 e. The molecule has 0 bridgehead atoms. The number of hydrogen-bond acceptors (Lipinski definition) is 3. The predicted octanol–water partition coefficient (Wildman–Crippen LogP) is 4.05. The number of unbranched alkanes of at least 4 members (excludes halogenated alkanes) is 5. The molecule has 0 aliphatic carbocycles. The number of fused-ring (bicyclic) bond motifs is 1. The van der Waals surface area contributed by atoms with Gasteiger partial charge < -0.3 is 4.74 Å². The minimum Gasteiger partial charge on any atom is -0.381 e. The van der Waals surface area contributed by atoms with E-state index >= 15 is 0 Å². The van der Waals surface area contributed by atoms with Gasteiger partial charge in [-0.05, 0) is 31.4 Å². The van der Waals surface area contributed by atoms with Crippen molar-refractivity contribution in [2.75, 3.05) is 19.8 Å². The number of ether oxygens (including phenoxy) is 1. The van der Waals surface area contributed by atoms with Crippen LogP contribution in [0.3, 0.4) is 0 Å². The third kappa shape index (κ3) is 4.90. The summed E-state index contributed by atoms with van der Waals surface area (Å²) in [6, 6.07) is 7.06. The summed E-state index contributed by atoms with van der Waals surface area (Å²) in [6.45, 7) is 4.41. The third-order valence-electron chi connectivity index (χ3n) is 4.19. The fraction of sp³-hybridized carbons (Fsp3) is 0.579. The molecule has 0 spiro atoms. The standard InChI is InChI=1S/C19H27NO3/c1-2-3-14-23-15-10-6-4-5-9-13-20-18(21)16-11-7-8-12-17(16)19(20)22/h7-8,11-12H,2-6,9-10,13-15H2,1H3. The van der Waals surface area contributed by atoms with Crippen LogP contribution in [0.5, 0.6) is 0 Å². The first-order valence-corrected chi connectivity index (χ1v) is 8.78. The number of benzene rings is 1. The van der Waals surface area contributed by atoms with E-state index in [0.29, 0.717) is 17.7 Å². The Morgan fingerprint density at radius 1 is 0.826 bits per heavy atom. The van der Waals surface area contributed by atoms with Gasteiger partial charge in [-0.1, -0.05) is 44.7 Å². The van der Waals surface area contributed by atoms with Crippen molar-refractivity contribution in [1.29, 1.82) is 0 Å². The van der Waals surface area contributed by atoms with Crippen molar-refractivity contribution in [2.24, 2.45) is 0 Å². The van der Waals surface area contributed by atoms with E-state index in [9.17, 15) is 9.59 Å². The van der Waals surface area contributed by atoms with Crippen molar-refractivity contribution >= 4 is 11.8 Å². The summed E-state index contributed by atoms with van der Waals surface area (Å²) in [5.41, 5.74) is 1.09. The van der Waals surface area contributed by atoms with E-state index < -0.39 is 0 Å². The molecule has 2 rings (SSSR count). The summed E-state index contributed by atoms with van der Waals surface area (Å²) in [5, 5.41) is 0. The zero-order valence-corrected chi connectivity index (χ0v) is 14.1. The van der Waals surface area contributed by atoms with Gasteiger partial charge in [0.15, 0.2) is 0 Å². The van der Waals surface area contributed by atoms with Gasteiger partial charge in [0.2, 0.25) is 0 Å².